The molecule has 106 valence electrons. The molecule has 2 nitrogen and oxygen atoms in total. The van der Waals surface area contributed by atoms with Gasteiger partial charge in [0, 0.05) is 6.04 Å². The highest BCUT2D eigenvalue weighted by Crippen LogP contribution is 2.34. The highest BCUT2D eigenvalue weighted by molar-refractivity contribution is 5.29. The first kappa shape index (κ1) is 14.4. The summed E-state index contributed by atoms with van der Waals surface area (Å²) in [5, 5.41) is 3.45. The van der Waals surface area contributed by atoms with E-state index < -0.39 is 0 Å². The van der Waals surface area contributed by atoms with Crippen LogP contribution in [0, 0.1) is 5.92 Å². The van der Waals surface area contributed by atoms with E-state index in [1.54, 1.807) is 0 Å². The van der Waals surface area contributed by atoms with Crippen LogP contribution in [0.4, 0.5) is 0 Å². The Morgan fingerprint density at radius 2 is 2.00 bits per heavy atom. The van der Waals surface area contributed by atoms with Gasteiger partial charge in [0.05, 0.1) is 6.61 Å². The Kier molecular flexibility index (Phi) is 5.71. The minimum Gasteiger partial charge on any atom is -0.494 e. The molecule has 0 spiro atoms. The van der Waals surface area contributed by atoms with Gasteiger partial charge in [-0.25, -0.2) is 0 Å². The standard InChI is InChI=1S/C17H27NO/c1-3-4-12-19-16-10-8-15(9-11-16)17(18-2)13-14-6-5-7-14/h8-11,14,17-18H,3-7,12-13H2,1-2H3. The van der Waals surface area contributed by atoms with Gasteiger partial charge in [0.1, 0.15) is 5.75 Å². The molecule has 1 aromatic carbocycles. The average Bonchev–Trinajstić information content (AvgIpc) is 2.39. The van der Waals surface area contributed by atoms with Gasteiger partial charge in [-0.1, -0.05) is 44.7 Å². The number of benzene rings is 1. The highest BCUT2D eigenvalue weighted by Gasteiger charge is 2.22. The topological polar surface area (TPSA) is 21.3 Å². The molecule has 1 unspecified atom stereocenters. The zero-order valence-electron chi connectivity index (χ0n) is 12.3. The van der Waals surface area contributed by atoms with Crippen molar-refractivity contribution in [1.29, 1.82) is 0 Å². The number of hydrogen-bond donors (Lipinski definition) is 1. The third kappa shape index (κ3) is 4.24. The number of nitrogens with one attached hydrogen (secondary N) is 1. The van der Waals surface area contributed by atoms with Crippen LogP contribution in [0.15, 0.2) is 24.3 Å². The summed E-state index contributed by atoms with van der Waals surface area (Å²) in [5.41, 5.74) is 1.39. The molecule has 1 aliphatic carbocycles. The summed E-state index contributed by atoms with van der Waals surface area (Å²) < 4.78 is 5.71. The Morgan fingerprint density at radius 1 is 1.26 bits per heavy atom. The summed E-state index contributed by atoms with van der Waals surface area (Å²) in [6.07, 6.45) is 7.83. The molecular formula is C17H27NO. The second-order valence-corrected chi connectivity index (χ2v) is 5.64. The van der Waals surface area contributed by atoms with Crippen molar-refractivity contribution < 1.29 is 4.74 Å². The van der Waals surface area contributed by atoms with Gasteiger partial charge in [0.25, 0.3) is 0 Å². The van der Waals surface area contributed by atoms with E-state index in [9.17, 15) is 0 Å². The van der Waals surface area contributed by atoms with Crippen molar-refractivity contribution in [3.8, 4) is 5.75 Å². The molecule has 0 heterocycles. The summed E-state index contributed by atoms with van der Waals surface area (Å²) in [5.74, 6) is 1.92. The molecule has 0 aliphatic heterocycles. The Hall–Kier alpha value is -1.02. The van der Waals surface area contributed by atoms with E-state index in [4.69, 9.17) is 4.74 Å². The van der Waals surface area contributed by atoms with Gasteiger partial charge in [0.2, 0.25) is 0 Å². The SMILES string of the molecule is CCCCOc1ccc(C(CC2CCC2)NC)cc1. The van der Waals surface area contributed by atoms with Crippen molar-refractivity contribution in [1.82, 2.24) is 5.32 Å². The van der Waals surface area contributed by atoms with Gasteiger partial charge in [-0.3, -0.25) is 0 Å². The Morgan fingerprint density at radius 3 is 2.53 bits per heavy atom. The maximum absolute atomic E-state index is 5.71. The quantitative estimate of drug-likeness (QED) is 0.704. The number of rotatable bonds is 8. The van der Waals surface area contributed by atoms with Gasteiger partial charge in [-0.2, -0.15) is 0 Å². The van der Waals surface area contributed by atoms with Crippen LogP contribution in [0.3, 0.4) is 0 Å². The first-order chi connectivity index (χ1) is 9.33. The molecule has 2 heteroatoms. The van der Waals surface area contributed by atoms with Crippen LogP contribution in [0.2, 0.25) is 0 Å². The molecule has 1 aliphatic rings. The Labute approximate surface area is 117 Å². The molecule has 1 N–H and O–H groups in total. The van der Waals surface area contributed by atoms with E-state index in [0.29, 0.717) is 6.04 Å². The Balaban J connectivity index is 1.87. The van der Waals surface area contributed by atoms with E-state index in [-0.39, 0.29) is 0 Å². The molecule has 0 amide bonds. The van der Waals surface area contributed by atoms with Crippen molar-refractivity contribution in [2.24, 2.45) is 5.92 Å². The van der Waals surface area contributed by atoms with Crippen molar-refractivity contribution in [2.45, 2.75) is 51.5 Å². The van der Waals surface area contributed by atoms with Crippen LogP contribution in [0.5, 0.6) is 5.75 Å². The van der Waals surface area contributed by atoms with Gasteiger partial charge in [-0.05, 0) is 43.5 Å². The summed E-state index contributed by atoms with van der Waals surface area (Å²) in [6.45, 7) is 3.01. The average molecular weight is 261 g/mol. The molecule has 1 fully saturated rings. The molecule has 0 aromatic heterocycles. The molecule has 2 rings (SSSR count). The van der Waals surface area contributed by atoms with E-state index in [1.165, 1.54) is 37.7 Å². The Bertz CT molecular complexity index is 356. The number of hydrogen-bond acceptors (Lipinski definition) is 2. The summed E-state index contributed by atoms with van der Waals surface area (Å²) in [6, 6.07) is 9.13. The first-order valence-electron chi connectivity index (χ1n) is 7.73. The van der Waals surface area contributed by atoms with Crippen molar-refractivity contribution in [3.05, 3.63) is 29.8 Å². The maximum atomic E-state index is 5.71. The fourth-order valence-electron chi connectivity index (χ4n) is 2.61. The van der Waals surface area contributed by atoms with Crippen LogP contribution in [0.1, 0.15) is 57.1 Å². The molecule has 1 aromatic rings. The van der Waals surface area contributed by atoms with Gasteiger partial charge in [-0.15, -0.1) is 0 Å². The monoisotopic (exact) mass is 261 g/mol. The van der Waals surface area contributed by atoms with E-state index >= 15 is 0 Å². The normalized spacial score (nSPS) is 16.9. The predicted octanol–water partition coefficient (Wildman–Crippen LogP) is 4.32. The minimum atomic E-state index is 0.495. The lowest BCUT2D eigenvalue weighted by atomic mass is 9.79. The lowest BCUT2D eigenvalue weighted by molar-refractivity contribution is 0.265. The molecule has 1 atom stereocenters. The third-order valence-corrected chi connectivity index (χ3v) is 4.19. The molecule has 19 heavy (non-hydrogen) atoms. The molecule has 0 bridgehead atoms. The highest BCUT2D eigenvalue weighted by atomic mass is 16.5. The molecule has 0 radical (unpaired) electrons. The predicted molar refractivity (Wildman–Crippen MR) is 80.6 cm³/mol. The van der Waals surface area contributed by atoms with Crippen molar-refractivity contribution >= 4 is 0 Å². The van der Waals surface area contributed by atoms with E-state index in [1.807, 2.05) is 0 Å². The maximum Gasteiger partial charge on any atom is 0.119 e. The van der Waals surface area contributed by atoms with E-state index in [0.717, 1.165) is 24.7 Å². The van der Waals surface area contributed by atoms with Gasteiger partial charge < -0.3 is 10.1 Å². The molecule has 1 saturated carbocycles. The van der Waals surface area contributed by atoms with Crippen LogP contribution >= 0.6 is 0 Å². The summed E-state index contributed by atoms with van der Waals surface area (Å²) in [7, 11) is 2.06. The zero-order valence-corrected chi connectivity index (χ0v) is 12.3. The second-order valence-electron chi connectivity index (χ2n) is 5.64. The van der Waals surface area contributed by atoms with Gasteiger partial charge in [0.15, 0.2) is 0 Å². The second kappa shape index (κ2) is 7.54. The first-order valence-corrected chi connectivity index (χ1v) is 7.73. The number of unbranched alkanes of at least 4 members (excludes halogenated alkanes) is 1. The lowest BCUT2D eigenvalue weighted by Crippen LogP contribution is -2.23. The smallest absolute Gasteiger partial charge is 0.119 e. The largest absolute Gasteiger partial charge is 0.494 e. The molecule has 0 saturated heterocycles. The third-order valence-electron chi connectivity index (χ3n) is 4.19. The van der Waals surface area contributed by atoms with Crippen LogP contribution in [-0.4, -0.2) is 13.7 Å². The van der Waals surface area contributed by atoms with E-state index in [2.05, 4.69) is 43.6 Å². The van der Waals surface area contributed by atoms with Crippen LogP contribution < -0.4 is 10.1 Å². The number of ether oxygens (including phenoxy) is 1. The summed E-state index contributed by atoms with van der Waals surface area (Å²) in [4.78, 5) is 0. The van der Waals surface area contributed by atoms with Crippen LogP contribution in [-0.2, 0) is 0 Å². The summed E-state index contributed by atoms with van der Waals surface area (Å²) >= 11 is 0. The molecular weight excluding hydrogens is 234 g/mol. The van der Waals surface area contributed by atoms with Crippen LogP contribution in [0.25, 0.3) is 0 Å². The fourth-order valence-corrected chi connectivity index (χ4v) is 2.61. The lowest BCUT2D eigenvalue weighted by Gasteiger charge is -2.29. The van der Waals surface area contributed by atoms with Gasteiger partial charge >= 0.3 is 0 Å². The zero-order chi connectivity index (χ0) is 13.5. The van der Waals surface area contributed by atoms with Crippen molar-refractivity contribution in [3.63, 3.8) is 0 Å². The fraction of sp³-hybridized carbons (Fsp3) is 0.647. The minimum absolute atomic E-state index is 0.495. The van der Waals surface area contributed by atoms with Crippen molar-refractivity contribution in [2.75, 3.05) is 13.7 Å².